The number of nitrogens with one attached hydrogen (secondary N) is 1. The second kappa shape index (κ2) is 57.6. The molecule has 1 amide bonds. The first-order valence-corrected chi connectivity index (χ1v) is 29.0. The molecule has 0 aliphatic heterocycles. The number of carbonyl (C=O) groups excluding carboxylic acids is 1. The van der Waals surface area contributed by atoms with E-state index in [0.717, 1.165) is 83.5 Å². The summed E-state index contributed by atoms with van der Waals surface area (Å²) in [6.07, 6.45) is 85.7. The van der Waals surface area contributed by atoms with Crippen LogP contribution in [0, 0.1) is 0 Å². The van der Waals surface area contributed by atoms with E-state index in [1.54, 1.807) is 6.08 Å². The number of carbonyl (C=O) groups is 1. The van der Waals surface area contributed by atoms with Gasteiger partial charge in [-0.3, -0.25) is 4.79 Å². The predicted molar refractivity (Wildman–Crippen MR) is 299 cm³/mol. The van der Waals surface area contributed by atoms with Gasteiger partial charge in [-0.1, -0.05) is 291 Å². The van der Waals surface area contributed by atoms with Gasteiger partial charge in [0.1, 0.15) is 0 Å². The van der Waals surface area contributed by atoms with Crippen molar-refractivity contribution in [1.82, 2.24) is 5.32 Å². The van der Waals surface area contributed by atoms with Crippen LogP contribution in [0.5, 0.6) is 0 Å². The highest BCUT2D eigenvalue weighted by molar-refractivity contribution is 5.76. The third-order valence-electron chi connectivity index (χ3n) is 12.8. The maximum absolute atomic E-state index is 12.5. The fourth-order valence-electron chi connectivity index (χ4n) is 8.45. The van der Waals surface area contributed by atoms with Crippen LogP contribution in [-0.4, -0.2) is 34.9 Å². The normalized spacial score (nSPS) is 13.6. The van der Waals surface area contributed by atoms with Crippen LogP contribution >= 0.6 is 0 Å². The quantitative estimate of drug-likeness (QED) is 0.0420. The zero-order chi connectivity index (χ0) is 48.5. The van der Waals surface area contributed by atoms with Gasteiger partial charge in [0, 0.05) is 6.42 Å². The number of rotatable bonds is 52. The third-order valence-corrected chi connectivity index (χ3v) is 12.8. The minimum Gasteiger partial charge on any atom is -0.394 e. The Bertz CT molecular complexity index is 1240. The van der Waals surface area contributed by atoms with Gasteiger partial charge in [-0.2, -0.15) is 0 Å². The lowest BCUT2D eigenvalue weighted by Gasteiger charge is -2.20. The first-order chi connectivity index (χ1) is 33.2. The molecule has 0 rings (SSSR count). The average molecular weight is 931 g/mol. The van der Waals surface area contributed by atoms with E-state index in [1.165, 1.54) is 173 Å². The number of allylic oxidation sites excluding steroid dienone is 15. The fraction of sp³-hybridized carbons (Fsp3) is 0.730. The molecule has 0 aromatic carbocycles. The maximum atomic E-state index is 12.5. The Balaban J connectivity index is 3.58. The lowest BCUT2D eigenvalue weighted by Crippen LogP contribution is -2.45. The number of unbranched alkanes of at least 4 members (excludes halogenated alkanes) is 31. The van der Waals surface area contributed by atoms with Crippen molar-refractivity contribution in [2.75, 3.05) is 6.61 Å². The Hall–Kier alpha value is -2.69. The second-order valence-electron chi connectivity index (χ2n) is 19.3. The van der Waals surface area contributed by atoms with E-state index in [9.17, 15) is 15.0 Å². The van der Waals surface area contributed by atoms with E-state index in [4.69, 9.17) is 0 Å². The Morgan fingerprint density at radius 3 is 0.985 bits per heavy atom. The van der Waals surface area contributed by atoms with Crippen LogP contribution in [-0.2, 0) is 4.79 Å². The van der Waals surface area contributed by atoms with Gasteiger partial charge < -0.3 is 15.5 Å². The summed E-state index contributed by atoms with van der Waals surface area (Å²) >= 11 is 0. The van der Waals surface area contributed by atoms with E-state index >= 15 is 0 Å². The van der Waals surface area contributed by atoms with Crippen molar-refractivity contribution in [3.8, 4) is 0 Å². The zero-order valence-corrected chi connectivity index (χ0v) is 44.4. The van der Waals surface area contributed by atoms with Crippen LogP contribution in [0.25, 0.3) is 0 Å². The van der Waals surface area contributed by atoms with Gasteiger partial charge in [-0.15, -0.1) is 0 Å². The van der Waals surface area contributed by atoms with Crippen LogP contribution in [0.15, 0.2) is 97.2 Å². The molecule has 0 fully saturated rings. The number of hydrogen-bond donors (Lipinski definition) is 3. The molecule has 0 bridgehead atoms. The number of aliphatic hydroxyl groups excluding tert-OH is 2. The lowest BCUT2D eigenvalue weighted by atomic mass is 10.0. The van der Waals surface area contributed by atoms with E-state index in [0.29, 0.717) is 6.42 Å². The number of hydrogen-bond acceptors (Lipinski definition) is 3. The van der Waals surface area contributed by atoms with Crippen LogP contribution in [0.3, 0.4) is 0 Å². The van der Waals surface area contributed by atoms with Gasteiger partial charge in [0.2, 0.25) is 5.91 Å². The van der Waals surface area contributed by atoms with Crippen molar-refractivity contribution in [3.63, 3.8) is 0 Å². The predicted octanol–water partition coefficient (Wildman–Crippen LogP) is 19.3. The van der Waals surface area contributed by atoms with Crippen molar-refractivity contribution in [2.45, 2.75) is 289 Å². The van der Waals surface area contributed by atoms with Crippen LogP contribution in [0.1, 0.15) is 277 Å². The van der Waals surface area contributed by atoms with Crippen molar-refractivity contribution < 1.29 is 15.0 Å². The van der Waals surface area contributed by atoms with Crippen LogP contribution < -0.4 is 5.32 Å². The van der Waals surface area contributed by atoms with Crippen molar-refractivity contribution >= 4 is 5.91 Å². The summed E-state index contributed by atoms with van der Waals surface area (Å²) in [5, 5.41) is 23.2. The lowest BCUT2D eigenvalue weighted by molar-refractivity contribution is -0.123. The molecule has 2 atom stereocenters. The first-order valence-electron chi connectivity index (χ1n) is 29.0. The molecule has 386 valence electrons. The molecule has 0 aliphatic carbocycles. The minimum absolute atomic E-state index is 0.0765. The van der Waals surface area contributed by atoms with Gasteiger partial charge in [0.05, 0.1) is 18.8 Å². The van der Waals surface area contributed by atoms with E-state index in [-0.39, 0.29) is 12.5 Å². The molecule has 0 saturated carbocycles. The van der Waals surface area contributed by atoms with Gasteiger partial charge in [0.15, 0.2) is 0 Å². The van der Waals surface area contributed by atoms with Crippen molar-refractivity contribution in [1.29, 1.82) is 0 Å². The topological polar surface area (TPSA) is 69.6 Å². The first kappa shape index (κ1) is 64.3. The molecular weight excluding hydrogens is 819 g/mol. The Morgan fingerprint density at radius 2 is 0.657 bits per heavy atom. The van der Waals surface area contributed by atoms with Crippen molar-refractivity contribution in [2.24, 2.45) is 0 Å². The maximum Gasteiger partial charge on any atom is 0.220 e. The molecule has 0 aromatic heterocycles. The number of amides is 1. The summed E-state index contributed by atoms with van der Waals surface area (Å²) < 4.78 is 0. The van der Waals surface area contributed by atoms with Crippen molar-refractivity contribution in [3.05, 3.63) is 97.2 Å². The summed E-state index contributed by atoms with van der Waals surface area (Å²) in [7, 11) is 0. The second-order valence-corrected chi connectivity index (χ2v) is 19.3. The SMILES string of the molecule is CC/C=C\C/C=C\C/C=C\C/C=C\C/C=C\C/C=C\C/C=C\CCCCCCCCCC(=O)NC(CO)C(O)/C=C/CCCCCCCCCCCCCCCCCCCCCCCCCC. The van der Waals surface area contributed by atoms with E-state index < -0.39 is 12.1 Å². The minimum atomic E-state index is -0.852. The van der Waals surface area contributed by atoms with Crippen LogP contribution in [0.4, 0.5) is 0 Å². The van der Waals surface area contributed by atoms with Gasteiger partial charge >= 0.3 is 0 Å². The standard InChI is InChI=1S/C63H111NO3/c1-3-5-7-9-11-13-15-17-19-21-23-25-27-29-31-32-33-35-37-39-41-43-45-47-49-51-53-55-57-59-63(67)64-61(60-65)62(66)58-56-54-52-50-48-46-44-42-40-38-36-34-30-28-26-24-22-20-18-16-14-12-10-8-6-4-2/h5,7,11,13,17,19,23,25,29,31,33,35,39,41,56,58,61-62,65-66H,3-4,6,8-10,12,14-16,18,20-22,24,26-28,30,32,34,36-38,40,42-55,57,59-60H2,1-2H3,(H,64,67)/b7-5-,13-11-,19-17-,25-23-,31-29-,35-33-,41-39-,58-56+. The summed E-state index contributed by atoms with van der Waals surface area (Å²) in [5.74, 6) is -0.0765. The largest absolute Gasteiger partial charge is 0.394 e. The summed E-state index contributed by atoms with van der Waals surface area (Å²) in [6.45, 7) is 4.21. The zero-order valence-electron chi connectivity index (χ0n) is 44.4. The van der Waals surface area contributed by atoms with Crippen LogP contribution in [0.2, 0.25) is 0 Å². The summed E-state index contributed by atoms with van der Waals surface area (Å²) in [4.78, 5) is 12.5. The molecule has 0 aliphatic rings. The molecule has 0 aromatic rings. The molecule has 0 saturated heterocycles. The Kier molecular flexibility index (Phi) is 55.3. The molecule has 4 nitrogen and oxygen atoms in total. The average Bonchev–Trinajstić information content (AvgIpc) is 3.33. The number of aliphatic hydroxyl groups is 2. The molecule has 0 heterocycles. The Morgan fingerprint density at radius 1 is 0.373 bits per heavy atom. The molecular formula is C63H111NO3. The molecule has 2 unspecified atom stereocenters. The molecule has 4 heteroatoms. The summed E-state index contributed by atoms with van der Waals surface area (Å²) in [6, 6.07) is -0.636. The highest BCUT2D eigenvalue weighted by Crippen LogP contribution is 2.17. The fourth-order valence-corrected chi connectivity index (χ4v) is 8.45. The molecule has 3 N–H and O–H groups in total. The van der Waals surface area contributed by atoms with Gasteiger partial charge in [0.25, 0.3) is 0 Å². The van der Waals surface area contributed by atoms with E-state index in [2.05, 4.69) is 104 Å². The highest BCUT2D eigenvalue weighted by atomic mass is 16.3. The Labute approximate surface area is 417 Å². The third kappa shape index (κ3) is 54.1. The van der Waals surface area contributed by atoms with Gasteiger partial charge in [-0.25, -0.2) is 0 Å². The molecule has 0 radical (unpaired) electrons. The monoisotopic (exact) mass is 930 g/mol. The summed E-state index contributed by atoms with van der Waals surface area (Å²) in [5.41, 5.74) is 0. The molecule has 67 heavy (non-hydrogen) atoms. The smallest absolute Gasteiger partial charge is 0.220 e. The highest BCUT2D eigenvalue weighted by Gasteiger charge is 2.18. The van der Waals surface area contributed by atoms with Gasteiger partial charge in [-0.05, 0) is 77.0 Å². The van der Waals surface area contributed by atoms with E-state index in [1.807, 2.05) is 6.08 Å². The molecule has 0 spiro atoms.